The molecule has 0 unspecified atom stereocenters. The van der Waals surface area contributed by atoms with Crippen molar-refractivity contribution in [2.75, 3.05) is 13.2 Å². The minimum atomic E-state index is -1.50. The van der Waals surface area contributed by atoms with E-state index in [1.807, 2.05) is 0 Å². The molecule has 0 heterocycles. The highest BCUT2D eigenvalue weighted by Gasteiger charge is 1.81. The van der Waals surface area contributed by atoms with Gasteiger partial charge < -0.3 is 20.6 Å². The Morgan fingerprint density at radius 3 is 1.13 bits per heavy atom. The van der Waals surface area contributed by atoms with Gasteiger partial charge in [-0.2, -0.15) is 0 Å². The van der Waals surface area contributed by atoms with E-state index in [0.29, 0.717) is 0 Å². The second-order valence-corrected chi connectivity index (χ2v) is 1.98. The standard InChI is InChI=1S/C5H12O2.2HNO3/c6-4-2-1-3-5-7;2*2-1(3)4/h6-7H,1-5H2;2*(H,2,3,4). The van der Waals surface area contributed by atoms with Crippen LogP contribution in [0.1, 0.15) is 19.3 Å². The van der Waals surface area contributed by atoms with Crippen molar-refractivity contribution in [2.45, 2.75) is 19.3 Å². The Balaban J connectivity index is -0.000000155. The van der Waals surface area contributed by atoms with Crippen LogP contribution in [0.25, 0.3) is 0 Å². The summed E-state index contributed by atoms with van der Waals surface area (Å²) in [7, 11) is 0. The zero-order valence-corrected chi connectivity index (χ0v) is 7.85. The van der Waals surface area contributed by atoms with E-state index in [0.717, 1.165) is 19.3 Å². The van der Waals surface area contributed by atoms with Crippen molar-refractivity contribution in [1.82, 2.24) is 0 Å². The molecule has 0 atom stereocenters. The molecule has 0 aliphatic carbocycles. The lowest BCUT2D eigenvalue weighted by atomic mass is 10.2. The molecule has 0 bridgehead atoms. The maximum absolute atomic E-state index is 8.36. The Labute approximate surface area is 84.6 Å². The maximum atomic E-state index is 8.36. The molecule has 10 nitrogen and oxygen atoms in total. The predicted molar refractivity (Wildman–Crippen MR) is 45.6 cm³/mol. The lowest BCUT2D eigenvalue weighted by molar-refractivity contribution is -0.742. The van der Waals surface area contributed by atoms with Gasteiger partial charge in [-0.3, -0.25) is 0 Å². The molecule has 0 spiro atoms. The van der Waals surface area contributed by atoms with Gasteiger partial charge in [0.15, 0.2) is 0 Å². The van der Waals surface area contributed by atoms with E-state index in [9.17, 15) is 0 Å². The third kappa shape index (κ3) is 244. The van der Waals surface area contributed by atoms with Crippen LogP contribution >= 0.6 is 0 Å². The summed E-state index contributed by atoms with van der Waals surface area (Å²) in [6, 6.07) is 0. The Hall–Kier alpha value is -1.68. The lowest BCUT2D eigenvalue weighted by Gasteiger charge is -1.90. The quantitative estimate of drug-likeness (QED) is 0.283. The smallest absolute Gasteiger partial charge is 0.291 e. The fourth-order valence-corrected chi connectivity index (χ4v) is 0.400. The molecular weight excluding hydrogens is 216 g/mol. The number of hydrogen-bond acceptors (Lipinski definition) is 6. The van der Waals surface area contributed by atoms with Gasteiger partial charge in [-0.05, 0) is 19.3 Å². The molecule has 0 fully saturated rings. The summed E-state index contributed by atoms with van der Waals surface area (Å²) < 4.78 is 0. The zero-order valence-electron chi connectivity index (χ0n) is 7.85. The number of unbranched alkanes of at least 4 members (excludes halogenated alkanes) is 2. The van der Waals surface area contributed by atoms with Crippen molar-refractivity contribution >= 4 is 0 Å². The SMILES string of the molecule is O=[N+]([O-])O.O=[N+]([O-])O.OCCCCCO. The molecule has 0 saturated heterocycles. The highest BCUT2D eigenvalue weighted by molar-refractivity contribution is 4.35. The normalized spacial score (nSPS) is 7.60. The van der Waals surface area contributed by atoms with Crippen LogP contribution in [0.4, 0.5) is 0 Å². The molecule has 0 aromatic carbocycles. The minimum absolute atomic E-state index is 0.250. The Morgan fingerprint density at radius 2 is 1.00 bits per heavy atom. The first-order valence-corrected chi connectivity index (χ1v) is 3.76. The highest BCUT2D eigenvalue weighted by atomic mass is 16.9. The minimum Gasteiger partial charge on any atom is -0.396 e. The van der Waals surface area contributed by atoms with Crippen molar-refractivity contribution in [3.05, 3.63) is 20.2 Å². The van der Waals surface area contributed by atoms with Gasteiger partial charge in [0.25, 0.3) is 10.2 Å². The monoisotopic (exact) mass is 230 g/mol. The first-order chi connectivity index (χ1) is 6.88. The molecule has 0 rings (SSSR count). The van der Waals surface area contributed by atoms with E-state index in [-0.39, 0.29) is 13.2 Å². The first kappa shape index (κ1) is 19.0. The Bertz CT molecular complexity index is 128. The second-order valence-electron chi connectivity index (χ2n) is 1.98. The van der Waals surface area contributed by atoms with Crippen LogP contribution in [0, 0.1) is 20.2 Å². The summed E-state index contributed by atoms with van der Waals surface area (Å²) in [6.07, 6.45) is 2.58. The van der Waals surface area contributed by atoms with Gasteiger partial charge in [-0.1, -0.05) is 0 Å². The number of nitrogens with zero attached hydrogens (tertiary/aromatic N) is 2. The van der Waals surface area contributed by atoms with Crippen LogP contribution in [0.3, 0.4) is 0 Å². The number of rotatable bonds is 4. The van der Waals surface area contributed by atoms with E-state index in [1.54, 1.807) is 0 Å². The van der Waals surface area contributed by atoms with Gasteiger partial charge in [0, 0.05) is 13.2 Å². The van der Waals surface area contributed by atoms with Gasteiger partial charge in [0.2, 0.25) is 0 Å². The van der Waals surface area contributed by atoms with Crippen molar-refractivity contribution in [2.24, 2.45) is 0 Å². The molecule has 0 aliphatic rings. The lowest BCUT2D eigenvalue weighted by Crippen LogP contribution is -1.85. The van der Waals surface area contributed by atoms with Gasteiger partial charge in [0.05, 0.1) is 0 Å². The van der Waals surface area contributed by atoms with Crippen molar-refractivity contribution in [3.63, 3.8) is 0 Å². The van der Waals surface area contributed by atoms with Crippen molar-refractivity contribution in [1.29, 1.82) is 0 Å². The van der Waals surface area contributed by atoms with Crippen molar-refractivity contribution < 1.29 is 30.8 Å². The van der Waals surface area contributed by atoms with Crippen molar-refractivity contribution in [3.8, 4) is 0 Å². The van der Waals surface area contributed by atoms with Crippen LogP contribution in [-0.4, -0.2) is 44.0 Å². The van der Waals surface area contributed by atoms with Crippen LogP contribution in [0.2, 0.25) is 0 Å². The van der Waals surface area contributed by atoms with Crippen LogP contribution in [0.5, 0.6) is 0 Å². The fraction of sp³-hybridized carbons (Fsp3) is 1.00. The van der Waals surface area contributed by atoms with E-state index in [2.05, 4.69) is 0 Å². The average Bonchev–Trinajstić information content (AvgIpc) is 2.03. The summed E-state index contributed by atoms with van der Waals surface area (Å²) in [4.78, 5) is 16.7. The summed E-state index contributed by atoms with van der Waals surface area (Å²) in [5, 5.41) is 43.7. The third-order valence-electron chi connectivity index (χ3n) is 0.816. The first-order valence-electron chi connectivity index (χ1n) is 3.76. The summed E-state index contributed by atoms with van der Waals surface area (Å²) in [6.45, 7) is 0.500. The molecule has 0 aromatic rings. The van der Waals surface area contributed by atoms with Gasteiger partial charge in [-0.25, -0.2) is 0 Å². The molecule has 0 aliphatic heterocycles. The molecule has 15 heavy (non-hydrogen) atoms. The summed E-state index contributed by atoms with van der Waals surface area (Å²) in [5.74, 6) is 0. The topological polar surface area (TPSA) is 167 Å². The predicted octanol–water partition coefficient (Wildman–Crippen LogP) is -0.554. The van der Waals surface area contributed by atoms with Gasteiger partial charge in [-0.15, -0.1) is 20.2 Å². The van der Waals surface area contributed by atoms with E-state index < -0.39 is 10.2 Å². The van der Waals surface area contributed by atoms with E-state index >= 15 is 0 Å². The largest absolute Gasteiger partial charge is 0.396 e. The Morgan fingerprint density at radius 1 is 0.800 bits per heavy atom. The molecule has 0 aromatic heterocycles. The molecule has 0 radical (unpaired) electrons. The highest BCUT2D eigenvalue weighted by Crippen LogP contribution is 1.90. The molecule has 92 valence electrons. The van der Waals surface area contributed by atoms with Gasteiger partial charge >= 0.3 is 0 Å². The third-order valence-corrected chi connectivity index (χ3v) is 0.816. The van der Waals surface area contributed by atoms with E-state index in [4.69, 9.17) is 40.9 Å². The summed E-state index contributed by atoms with van der Waals surface area (Å²) in [5.41, 5.74) is 0. The van der Waals surface area contributed by atoms with Crippen LogP contribution in [-0.2, 0) is 0 Å². The molecule has 4 N–H and O–H groups in total. The number of hydrogen-bond donors (Lipinski definition) is 4. The van der Waals surface area contributed by atoms with Crippen LogP contribution < -0.4 is 0 Å². The molecule has 0 saturated carbocycles. The Kier molecular flexibility index (Phi) is 23.0. The molecular formula is C5H14N2O8. The molecule has 0 amide bonds. The number of aliphatic hydroxyl groups excluding tert-OH is 2. The number of aliphatic hydroxyl groups is 2. The zero-order chi connectivity index (χ0) is 12.7. The van der Waals surface area contributed by atoms with Gasteiger partial charge in [0.1, 0.15) is 0 Å². The van der Waals surface area contributed by atoms with Crippen LogP contribution in [0.15, 0.2) is 0 Å². The summed E-state index contributed by atoms with van der Waals surface area (Å²) >= 11 is 0. The molecule has 10 heteroatoms. The van der Waals surface area contributed by atoms with E-state index in [1.165, 1.54) is 0 Å². The fourth-order valence-electron chi connectivity index (χ4n) is 0.400. The average molecular weight is 230 g/mol. The maximum Gasteiger partial charge on any atom is 0.291 e. The second kappa shape index (κ2) is 18.2.